The van der Waals surface area contributed by atoms with E-state index in [4.69, 9.17) is 5.11 Å². The third kappa shape index (κ3) is 4.49. The molecule has 0 aliphatic carbocycles. The van der Waals surface area contributed by atoms with Crippen LogP contribution in [-0.4, -0.2) is 17.5 Å². The summed E-state index contributed by atoms with van der Waals surface area (Å²) in [5.41, 5.74) is 3.84. The second-order valence-electron chi connectivity index (χ2n) is 5.97. The van der Waals surface area contributed by atoms with E-state index < -0.39 is 0 Å². The van der Waals surface area contributed by atoms with Gasteiger partial charge < -0.3 is 5.11 Å². The SMILES string of the molecule is Cc1ccc(-c2ccc(C(=O)CCCCCO)cc2C)c(F)c1. The summed E-state index contributed by atoms with van der Waals surface area (Å²) in [6, 6.07) is 10.6. The minimum Gasteiger partial charge on any atom is -0.396 e. The number of carbonyl (C=O) groups is 1. The number of benzene rings is 2. The maximum atomic E-state index is 14.1. The van der Waals surface area contributed by atoms with Crippen LogP contribution < -0.4 is 0 Å². The van der Waals surface area contributed by atoms with E-state index in [0.29, 0.717) is 17.5 Å². The van der Waals surface area contributed by atoms with Crippen molar-refractivity contribution < 1.29 is 14.3 Å². The molecule has 3 heteroatoms. The van der Waals surface area contributed by atoms with E-state index in [1.807, 2.05) is 32.0 Å². The van der Waals surface area contributed by atoms with Crippen molar-refractivity contribution in [1.82, 2.24) is 0 Å². The van der Waals surface area contributed by atoms with Gasteiger partial charge in [0.1, 0.15) is 5.82 Å². The number of halogens is 1. The topological polar surface area (TPSA) is 37.3 Å². The van der Waals surface area contributed by atoms with Crippen LogP contribution in [0.25, 0.3) is 11.1 Å². The van der Waals surface area contributed by atoms with E-state index in [-0.39, 0.29) is 18.2 Å². The summed E-state index contributed by atoms with van der Waals surface area (Å²) in [6.45, 7) is 3.93. The molecule has 2 aromatic carbocycles. The van der Waals surface area contributed by atoms with E-state index in [2.05, 4.69) is 0 Å². The summed E-state index contributed by atoms with van der Waals surface area (Å²) >= 11 is 0. The third-order valence-electron chi connectivity index (χ3n) is 4.03. The van der Waals surface area contributed by atoms with Gasteiger partial charge in [-0.2, -0.15) is 0 Å². The van der Waals surface area contributed by atoms with E-state index in [1.165, 1.54) is 6.07 Å². The summed E-state index contributed by atoms with van der Waals surface area (Å²) in [5, 5.41) is 8.75. The van der Waals surface area contributed by atoms with Crippen LogP contribution in [0.15, 0.2) is 36.4 Å². The number of carbonyl (C=O) groups excluding carboxylic acids is 1. The summed E-state index contributed by atoms with van der Waals surface area (Å²) in [7, 11) is 0. The van der Waals surface area contributed by atoms with Gasteiger partial charge in [0.2, 0.25) is 0 Å². The third-order valence-corrected chi connectivity index (χ3v) is 4.03. The van der Waals surface area contributed by atoms with Gasteiger partial charge in [-0.15, -0.1) is 0 Å². The monoisotopic (exact) mass is 314 g/mol. The number of unbranched alkanes of at least 4 members (excludes halogenated alkanes) is 2. The predicted molar refractivity (Wildman–Crippen MR) is 91.2 cm³/mol. The van der Waals surface area contributed by atoms with Crippen LogP contribution in [0.2, 0.25) is 0 Å². The van der Waals surface area contributed by atoms with Gasteiger partial charge in [-0.3, -0.25) is 4.79 Å². The van der Waals surface area contributed by atoms with Gasteiger partial charge in [0.25, 0.3) is 0 Å². The fraction of sp³-hybridized carbons (Fsp3) is 0.350. The van der Waals surface area contributed by atoms with E-state index in [9.17, 15) is 9.18 Å². The lowest BCUT2D eigenvalue weighted by Crippen LogP contribution is -2.00. The van der Waals surface area contributed by atoms with Crippen molar-refractivity contribution >= 4 is 5.78 Å². The molecule has 0 fully saturated rings. The first-order valence-electron chi connectivity index (χ1n) is 8.04. The molecule has 23 heavy (non-hydrogen) atoms. The molecule has 0 saturated carbocycles. The number of hydrogen-bond acceptors (Lipinski definition) is 2. The quantitative estimate of drug-likeness (QED) is 0.586. The highest BCUT2D eigenvalue weighted by atomic mass is 19.1. The molecule has 122 valence electrons. The molecule has 0 bridgehead atoms. The minimum absolute atomic E-state index is 0.0990. The van der Waals surface area contributed by atoms with E-state index in [1.54, 1.807) is 12.1 Å². The molecular formula is C20H23FO2. The number of rotatable bonds is 7. The zero-order valence-electron chi connectivity index (χ0n) is 13.7. The molecule has 2 aromatic rings. The van der Waals surface area contributed by atoms with Crippen LogP contribution in [0.4, 0.5) is 4.39 Å². The van der Waals surface area contributed by atoms with Crippen LogP contribution in [0.5, 0.6) is 0 Å². The molecule has 0 aliphatic rings. The maximum Gasteiger partial charge on any atom is 0.162 e. The molecule has 0 unspecified atom stereocenters. The average molecular weight is 314 g/mol. The Morgan fingerprint density at radius 3 is 2.39 bits per heavy atom. The number of aliphatic hydroxyl groups is 1. The molecule has 0 spiro atoms. The minimum atomic E-state index is -0.240. The molecule has 0 heterocycles. The summed E-state index contributed by atoms with van der Waals surface area (Å²) in [6.07, 6.45) is 2.86. The first-order chi connectivity index (χ1) is 11.0. The van der Waals surface area contributed by atoms with Gasteiger partial charge >= 0.3 is 0 Å². The Bertz CT molecular complexity index is 692. The highest BCUT2D eigenvalue weighted by Gasteiger charge is 2.11. The van der Waals surface area contributed by atoms with Crippen molar-refractivity contribution in [2.24, 2.45) is 0 Å². The Morgan fingerprint density at radius 2 is 1.74 bits per heavy atom. The van der Waals surface area contributed by atoms with Gasteiger partial charge in [0.05, 0.1) is 0 Å². The van der Waals surface area contributed by atoms with Crippen molar-refractivity contribution in [3.05, 3.63) is 58.9 Å². The van der Waals surface area contributed by atoms with Crippen LogP contribution in [0, 0.1) is 19.7 Å². The fourth-order valence-corrected chi connectivity index (χ4v) is 2.70. The van der Waals surface area contributed by atoms with Crippen LogP contribution in [-0.2, 0) is 0 Å². The second-order valence-corrected chi connectivity index (χ2v) is 5.97. The molecule has 0 radical (unpaired) electrons. The molecule has 1 N–H and O–H groups in total. The Balaban J connectivity index is 2.16. The van der Waals surface area contributed by atoms with Crippen molar-refractivity contribution in [3.8, 4) is 11.1 Å². The summed E-state index contributed by atoms with van der Waals surface area (Å²) in [4.78, 5) is 12.2. The number of aliphatic hydroxyl groups excluding tert-OH is 1. The molecular weight excluding hydrogens is 291 g/mol. The zero-order chi connectivity index (χ0) is 16.8. The molecule has 0 aliphatic heterocycles. The fourth-order valence-electron chi connectivity index (χ4n) is 2.70. The summed E-state index contributed by atoms with van der Waals surface area (Å²) < 4.78 is 14.1. The van der Waals surface area contributed by atoms with Crippen molar-refractivity contribution in [3.63, 3.8) is 0 Å². The largest absolute Gasteiger partial charge is 0.396 e. The molecule has 2 rings (SSSR count). The first-order valence-corrected chi connectivity index (χ1v) is 8.04. The van der Waals surface area contributed by atoms with Crippen LogP contribution in [0.1, 0.15) is 47.2 Å². The van der Waals surface area contributed by atoms with Crippen LogP contribution in [0.3, 0.4) is 0 Å². The van der Waals surface area contributed by atoms with E-state index >= 15 is 0 Å². The smallest absolute Gasteiger partial charge is 0.162 e. The number of ketones is 1. The zero-order valence-corrected chi connectivity index (χ0v) is 13.7. The van der Waals surface area contributed by atoms with Gasteiger partial charge in [-0.25, -0.2) is 4.39 Å². The molecule has 0 aromatic heterocycles. The van der Waals surface area contributed by atoms with Crippen molar-refractivity contribution in [2.45, 2.75) is 39.5 Å². The van der Waals surface area contributed by atoms with E-state index in [0.717, 1.165) is 36.0 Å². The Labute approximate surface area is 137 Å². The lowest BCUT2D eigenvalue weighted by atomic mass is 9.95. The number of Topliss-reactive ketones (excluding diaryl/α,β-unsaturated/α-hetero) is 1. The normalized spacial score (nSPS) is 10.8. The average Bonchev–Trinajstić information content (AvgIpc) is 2.52. The molecule has 0 amide bonds. The molecule has 0 saturated heterocycles. The highest BCUT2D eigenvalue weighted by molar-refractivity contribution is 5.96. The van der Waals surface area contributed by atoms with Crippen molar-refractivity contribution in [1.29, 1.82) is 0 Å². The lowest BCUT2D eigenvalue weighted by molar-refractivity contribution is 0.0978. The number of aryl methyl sites for hydroxylation is 2. The van der Waals surface area contributed by atoms with Gasteiger partial charge in [-0.05, 0) is 55.5 Å². The standard InChI is InChI=1S/C20H23FO2/c1-14-7-9-18(19(21)12-14)17-10-8-16(13-15(17)2)20(23)6-4-3-5-11-22/h7-10,12-13,22H,3-6,11H2,1-2H3. The molecule has 0 atom stereocenters. The predicted octanol–water partition coefficient (Wildman–Crippen LogP) is 4.84. The van der Waals surface area contributed by atoms with Gasteiger partial charge in [0.15, 0.2) is 5.78 Å². The Kier molecular flexibility index (Phi) is 6.05. The van der Waals surface area contributed by atoms with Crippen LogP contribution >= 0.6 is 0 Å². The Hall–Kier alpha value is -2.00. The van der Waals surface area contributed by atoms with Gasteiger partial charge in [0, 0.05) is 24.2 Å². The maximum absolute atomic E-state index is 14.1. The summed E-state index contributed by atoms with van der Waals surface area (Å²) in [5.74, 6) is -0.141. The Morgan fingerprint density at radius 1 is 1.00 bits per heavy atom. The second kappa shape index (κ2) is 8.02. The number of hydrogen-bond donors (Lipinski definition) is 1. The highest BCUT2D eigenvalue weighted by Crippen LogP contribution is 2.28. The van der Waals surface area contributed by atoms with Crippen molar-refractivity contribution in [2.75, 3.05) is 6.61 Å². The van der Waals surface area contributed by atoms with Gasteiger partial charge in [-0.1, -0.05) is 30.7 Å². The lowest BCUT2D eigenvalue weighted by Gasteiger charge is -2.10. The molecule has 2 nitrogen and oxygen atoms in total. The first kappa shape index (κ1) is 17.4.